The van der Waals surface area contributed by atoms with Crippen LogP contribution >= 0.6 is 0 Å². The van der Waals surface area contributed by atoms with Crippen molar-refractivity contribution in [2.75, 3.05) is 18.9 Å². The molecule has 1 aromatic heterocycles. The first-order valence-corrected chi connectivity index (χ1v) is 11.2. The van der Waals surface area contributed by atoms with Crippen LogP contribution in [-0.4, -0.2) is 27.6 Å². The van der Waals surface area contributed by atoms with E-state index in [1.807, 2.05) is 4.72 Å². The van der Waals surface area contributed by atoms with Gasteiger partial charge in [0.2, 0.25) is 0 Å². The number of pyridine rings is 1. The van der Waals surface area contributed by atoms with E-state index in [9.17, 15) is 21.6 Å². The van der Waals surface area contributed by atoms with Crippen LogP contribution in [0.1, 0.15) is 0 Å². The van der Waals surface area contributed by atoms with Crippen LogP contribution < -0.4 is 18.9 Å². The predicted octanol–water partition coefficient (Wildman–Crippen LogP) is 5.26. The van der Waals surface area contributed by atoms with Crippen molar-refractivity contribution >= 4 is 26.6 Å². The Hall–Kier alpha value is -3.99. The summed E-state index contributed by atoms with van der Waals surface area (Å²) in [4.78, 5) is 3.73. The molecule has 0 bridgehead atoms. The molecule has 0 aliphatic heterocycles. The van der Waals surface area contributed by atoms with Crippen LogP contribution in [0.5, 0.6) is 23.0 Å². The quantitative estimate of drug-likeness (QED) is 0.380. The molecule has 0 fully saturated rings. The molecule has 0 spiro atoms. The fraction of sp³-hybridized carbons (Fsp3) is 0.0870. The zero-order valence-electron chi connectivity index (χ0n) is 17.8. The summed E-state index contributed by atoms with van der Waals surface area (Å²) in [6.45, 7) is 0. The lowest BCUT2D eigenvalue weighted by molar-refractivity contribution is 0.358. The van der Waals surface area contributed by atoms with Crippen molar-refractivity contribution in [3.63, 3.8) is 0 Å². The van der Waals surface area contributed by atoms with Crippen molar-refractivity contribution in [1.29, 1.82) is 0 Å². The molecule has 0 saturated heterocycles. The Morgan fingerprint density at radius 1 is 0.824 bits per heavy atom. The average molecular weight is 490 g/mol. The molecule has 0 saturated carbocycles. The van der Waals surface area contributed by atoms with E-state index in [1.54, 1.807) is 18.2 Å². The molecule has 3 aromatic carbocycles. The highest BCUT2D eigenvalue weighted by atomic mass is 32.2. The summed E-state index contributed by atoms with van der Waals surface area (Å²) < 4.78 is 84.5. The molecule has 176 valence electrons. The molecule has 0 radical (unpaired) electrons. The minimum Gasteiger partial charge on any atom is -0.493 e. The molecular formula is C23H17F3N2O5S. The highest BCUT2D eigenvalue weighted by Gasteiger charge is 2.19. The SMILES string of the molecule is COc1ccc2c(Oc3ccc(NS(=O)(=O)c4ccc(F)c(F)c4)c(F)c3)ccnc2c1OC. The molecule has 4 rings (SSSR count). The monoisotopic (exact) mass is 490 g/mol. The van der Waals surface area contributed by atoms with Gasteiger partial charge in [-0.2, -0.15) is 0 Å². The summed E-state index contributed by atoms with van der Waals surface area (Å²) in [6.07, 6.45) is 1.49. The number of ether oxygens (including phenoxy) is 3. The normalized spacial score (nSPS) is 11.3. The standard InChI is InChI=1S/C23H17F3N2O5S/c1-31-21-8-5-15-20(9-10-27-22(15)23(21)32-2)33-13-3-7-19(18(26)11-13)28-34(29,30)14-4-6-16(24)17(25)12-14/h3-12,28H,1-2H3. The minimum atomic E-state index is -4.36. The maximum atomic E-state index is 14.7. The second-order valence-corrected chi connectivity index (χ2v) is 8.61. The molecule has 0 amide bonds. The maximum absolute atomic E-state index is 14.7. The second-order valence-electron chi connectivity index (χ2n) is 6.93. The number of rotatable bonds is 7. The number of fused-ring (bicyclic) bond motifs is 1. The zero-order valence-corrected chi connectivity index (χ0v) is 18.6. The van der Waals surface area contributed by atoms with Crippen LogP contribution in [0, 0.1) is 17.5 Å². The van der Waals surface area contributed by atoms with Crippen LogP contribution in [0.3, 0.4) is 0 Å². The largest absolute Gasteiger partial charge is 0.493 e. The van der Waals surface area contributed by atoms with Gasteiger partial charge in [-0.15, -0.1) is 0 Å². The van der Waals surface area contributed by atoms with Crippen LogP contribution in [0.4, 0.5) is 18.9 Å². The van der Waals surface area contributed by atoms with Gasteiger partial charge >= 0.3 is 0 Å². The van der Waals surface area contributed by atoms with E-state index in [1.165, 1.54) is 26.5 Å². The molecule has 4 aromatic rings. The maximum Gasteiger partial charge on any atom is 0.262 e. The Labute approximate surface area is 192 Å². The van der Waals surface area contributed by atoms with E-state index in [0.717, 1.165) is 18.2 Å². The summed E-state index contributed by atoms with van der Waals surface area (Å²) in [5, 5.41) is 0.573. The van der Waals surface area contributed by atoms with Crippen molar-refractivity contribution in [2.24, 2.45) is 0 Å². The van der Waals surface area contributed by atoms with Crippen molar-refractivity contribution in [3.8, 4) is 23.0 Å². The van der Waals surface area contributed by atoms with Gasteiger partial charge in [0.05, 0.1) is 24.8 Å². The minimum absolute atomic E-state index is 0.0792. The number of hydrogen-bond donors (Lipinski definition) is 1. The Morgan fingerprint density at radius 3 is 2.29 bits per heavy atom. The topological polar surface area (TPSA) is 86.8 Å². The van der Waals surface area contributed by atoms with Gasteiger partial charge in [-0.1, -0.05) is 0 Å². The zero-order chi connectivity index (χ0) is 24.5. The number of sulfonamides is 1. The third-order valence-corrected chi connectivity index (χ3v) is 6.19. The van der Waals surface area contributed by atoms with Crippen molar-refractivity contribution < 1.29 is 35.8 Å². The summed E-state index contributed by atoms with van der Waals surface area (Å²) in [7, 11) is -1.39. The number of anilines is 1. The van der Waals surface area contributed by atoms with Gasteiger partial charge in [-0.3, -0.25) is 9.71 Å². The van der Waals surface area contributed by atoms with Crippen molar-refractivity contribution in [3.05, 3.63) is 78.2 Å². The van der Waals surface area contributed by atoms with Crippen molar-refractivity contribution in [2.45, 2.75) is 4.90 Å². The summed E-state index contributed by atoms with van der Waals surface area (Å²) in [6, 6.07) is 10.5. The Morgan fingerprint density at radius 2 is 1.62 bits per heavy atom. The average Bonchev–Trinajstić information content (AvgIpc) is 2.81. The van der Waals surface area contributed by atoms with Crippen LogP contribution in [0.25, 0.3) is 10.9 Å². The highest BCUT2D eigenvalue weighted by Crippen LogP contribution is 2.39. The molecule has 1 N–H and O–H groups in total. The van der Waals surface area contributed by atoms with E-state index < -0.39 is 38.1 Å². The number of hydrogen-bond acceptors (Lipinski definition) is 6. The Kier molecular flexibility index (Phi) is 6.20. The van der Waals surface area contributed by atoms with Gasteiger partial charge in [0.25, 0.3) is 10.0 Å². The predicted molar refractivity (Wildman–Crippen MR) is 118 cm³/mol. The fourth-order valence-corrected chi connectivity index (χ4v) is 4.29. The van der Waals surface area contributed by atoms with E-state index >= 15 is 0 Å². The van der Waals surface area contributed by atoms with Crippen molar-refractivity contribution in [1.82, 2.24) is 4.98 Å². The van der Waals surface area contributed by atoms with E-state index in [-0.39, 0.29) is 5.75 Å². The van der Waals surface area contributed by atoms with Crippen LogP contribution in [0.2, 0.25) is 0 Å². The summed E-state index contributed by atoms with van der Waals surface area (Å²) >= 11 is 0. The number of benzene rings is 3. The highest BCUT2D eigenvalue weighted by molar-refractivity contribution is 7.92. The number of methoxy groups -OCH3 is 2. The van der Waals surface area contributed by atoms with Gasteiger partial charge < -0.3 is 14.2 Å². The summed E-state index contributed by atoms with van der Waals surface area (Å²) in [5.74, 6) is -2.18. The first-order valence-electron chi connectivity index (χ1n) is 9.68. The lowest BCUT2D eigenvalue weighted by atomic mass is 10.1. The number of halogens is 3. The van der Waals surface area contributed by atoms with Gasteiger partial charge in [0, 0.05) is 17.6 Å². The molecule has 1 heterocycles. The molecule has 0 atom stereocenters. The molecule has 0 aliphatic rings. The number of aromatic nitrogens is 1. The van der Waals surface area contributed by atoms with Gasteiger partial charge in [0.15, 0.2) is 29.0 Å². The molecule has 34 heavy (non-hydrogen) atoms. The summed E-state index contributed by atoms with van der Waals surface area (Å²) in [5.41, 5.74) is 0.0683. The molecule has 0 unspecified atom stereocenters. The van der Waals surface area contributed by atoms with Gasteiger partial charge in [-0.25, -0.2) is 21.6 Å². The van der Waals surface area contributed by atoms with Gasteiger partial charge in [-0.05, 0) is 48.5 Å². The van der Waals surface area contributed by atoms with E-state index in [0.29, 0.717) is 40.3 Å². The smallest absolute Gasteiger partial charge is 0.262 e. The first-order chi connectivity index (χ1) is 16.2. The number of nitrogens with one attached hydrogen (secondary N) is 1. The van der Waals surface area contributed by atoms with Crippen LogP contribution in [0.15, 0.2) is 65.7 Å². The van der Waals surface area contributed by atoms with Crippen LogP contribution in [-0.2, 0) is 10.0 Å². The fourth-order valence-electron chi connectivity index (χ4n) is 3.21. The number of nitrogens with zero attached hydrogens (tertiary/aromatic N) is 1. The Balaban J connectivity index is 1.62. The molecule has 0 aliphatic carbocycles. The third kappa shape index (κ3) is 4.42. The van der Waals surface area contributed by atoms with E-state index in [2.05, 4.69) is 4.98 Å². The third-order valence-electron chi connectivity index (χ3n) is 4.83. The molecule has 11 heteroatoms. The molecule has 7 nitrogen and oxygen atoms in total. The lowest BCUT2D eigenvalue weighted by Crippen LogP contribution is -2.14. The molecular weight excluding hydrogens is 473 g/mol. The van der Waals surface area contributed by atoms with E-state index in [4.69, 9.17) is 14.2 Å². The first kappa shape index (κ1) is 23.2. The van der Waals surface area contributed by atoms with Gasteiger partial charge in [0.1, 0.15) is 17.0 Å². The second kappa shape index (κ2) is 9.10. The lowest BCUT2D eigenvalue weighted by Gasteiger charge is -2.14. The Bertz CT molecular complexity index is 1500.